The summed E-state index contributed by atoms with van der Waals surface area (Å²) in [7, 11) is 1.83. The van der Waals surface area contributed by atoms with Crippen molar-refractivity contribution in [3.05, 3.63) is 22.4 Å². The van der Waals surface area contributed by atoms with Crippen molar-refractivity contribution in [3.63, 3.8) is 0 Å². The SMILES string of the molecule is C=C(I)C(=C)NC. The Morgan fingerprint density at radius 1 is 1.57 bits per heavy atom. The van der Waals surface area contributed by atoms with Crippen LogP contribution >= 0.6 is 22.6 Å². The molecule has 0 heterocycles. The van der Waals surface area contributed by atoms with Gasteiger partial charge in [-0.3, -0.25) is 0 Å². The van der Waals surface area contributed by atoms with Gasteiger partial charge in [0.1, 0.15) is 0 Å². The highest BCUT2D eigenvalue weighted by Gasteiger charge is 1.85. The van der Waals surface area contributed by atoms with Crippen LogP contribution in [0.4, 0.5) is 0 Å². The summed E-state index contributed by atoms with van der Waals surface area (Å²) in [5, 5.41) is 2.86. The summed E-state index contributed by atoms with van der Waals surface area (Å²) >= 11 is 2.11. The molecule has 0 fully saturated rings. The summed E-state index contributed by atoms with van der Waals surface area (Å²) in [6.07, 6.45) is 0. The Hall–Kier alpha value is 0.01000. The van der Waals surface area contributed by atoms with Crippen LogP contribution in [0.25, 0.3) is 0 Å². The van der Waals surface area contributed by atoms with Crippen LogP contribution in [0.15, 0.2) is 22.4 Å². The third kappa shape index (κ3) is 2.68. The minimum Gasteiger partial charge on any atom is -0.388 e. The average Bonchev–Trinajstić information content (AvgIpc) is 1.65. The maximum atomic E-state index is 3.65. The molecule has 0 saturated heterocycles. The molecule has 0 aromatic rings. The van der Waals surface area contributed by atoms with Crippen LogP contribution in [0, 0.1) is 0 Å². The lowest BCUT2D eigenvalue weighted by molar-refractivity contribution is 1.04. The molecule has 0 unspecified atom stereocenters. The van der Waals surface area contributed by atoms with Crippen LogP contribution < -0.4 is 5.32 Å². The largest absolute Gasteiger partial charge is 0.388 e. The van der Waals surface area contributed by atoms with E-state index < -0.39 is 0 Å². The van der Waals surface area contributed by atoms with Crippen LogP contribution in [0.2, 0.25) is 0 Å². The third-order valence-corrected chi connectivity index (χ3v) is 1.28. The second-order valence-corrected chi connectivity index (χ2v) is 2.44. The number of rotatable bonds is 2. The molecule has 0 spiro atoms. The van der Waals surface area contributed by atoms with E-state index in [1.54, 1.807) is 0 Å². The molecule has 2 heteroatoms. The summed E-state index contributed by atoms with van der Waals surface area (Å²) in [5.74, 6) is 0. The standard InChI is InChI=1S/C5H8IN/c1-4(6)5(2)7-3/h7H,1-2H2,3H3. The van der Waals surface area contributed by atoms with Crippen molar-refractivity contribution in [2.75, 3.05) is 7.05 Å². The number of allylic oxidation sites excluding steroid dienone is 1. The van der Waals surface area contributed by atoms with Gasteiger partial charge in [0.2, 0.25) is 0 Å². The summed E-state index contributed by atoms with van der Waals surface area (Å²) in [6, 6.07) is 0. The molecule has 0 atom stereocenters. The number of nitrogens with one attached hydrogen (secondary N) is 1. The summed E-state index contributed by atoms with van der Waals surface area (Å²) in [6.45, 7) is 7.31. The Bertz CT molecular complexity index is 96.3. The Kier molecular flexibility index (Phi) is 3.07. The smallest absolute Gasteiger partial charge is 0.0394 e. The molecule has 0 bridgehead atoms. The van der Waals surface area contributed by atoms with Crippen LogP contribution in [0.1, 0.15) is 0 Å². The van der Waals surface area contributed by atoms with Gasteiger partial charge in [-0.15, -0.1) is 0 Å². The van der Waals surface area contributed by atoms with Gasteiger partial charge in [-0.25, -0.2) is 0 Å². The van der Waals surface area contributed by atoms with E-state index in [-0.39, 0.29) is 0 Å². The van der Waals surface area contributed by atoms with Gasteiger partial charge in [0.25, 0.3) is 0 Å². The van der Waals surface area contributed by atoms with Gasteiger partial charge in [-0.05, 0) is 22.6 Å². The molecule has 0 aliphatic carbocycles. The molecular weight excluding hydrogens is 201 g/mol. The lowest BCUT2D eigenvalue weighted by Gasteiger charge is -1.97. The molecule has 7 heavy (non-hydrogen) atoms. The first kappa shape index (κ1) is 7.01. The molecule has 1 nitrogen and oxygen atoms in total. The first-order chi connectivity index (χ1) is 3.18. The van der Waals surface area contributed by atoms with Crippen molar-refractivity contribution in [2.24, 2.45) is 0 Å². The van der Waals surface area contributed by atoms with Crippen molar-refractivity contribution >= 4 is 22.6 Å². The molecule has 0 aromatic heterocycles. The zero-order valence-corrected chi connectivity index (χ0v) is 6.45. The fraction of sp³-hybridized carbons (Fsp3) is 0.200. The quantitative estimate of drug-likeness (QED) is 0.538. The minimum atomic E-state index is 0.889. The Morgan fingerprint density at radius 3 is 2.00 bits per heavy atom. The molecule has 1 N–H and O–H groups in total. The highest BCUT2D eigenvalue weighted by molar-refractivity contribution is 14.1. The lowest BCUT2D eigenvalue weighted by Crippen LogP contribution is -2.02. The molecule has 0 aliphatic heterocycles. The maximum Gasteiger partial charge on any atom is 0.0394 e. The van der Waals surface area contributed by atoms with Crippen LogP contribution in [0.3, 0.4) is 0 Å². The van der Waals surface area contributed by atoms with Crippen LogP contribution in [0.5, 0.6) is 0 Å². The average molecular weight is 209 g/mol. The van der Waals surface area contributed by atoms with Gasteiger partial charge in [-0.2, -0.15) is 0 Å². The first-order valence-electron chi connectivity index (χ1n) is 1.90. The number of halogens is 1. The minimum absolute atomic E-state index is 0.889. The molecule has 0 rings (SSSR count). The van der Waals surface area contributed by atoms with E-state index in [1.165, 1.54) is 0 Å². The Labute approximate surface area is 57.6 Å². The topological polar surface area (TPSA) is 12.0 Å². The van der Waals surface area contributed by atoms with E-state index in [1.807, 2.05) is 7.05 Å². The zero-order chi connectivity index (χ0) is 5.86. The van der Waals surface area contributed by atoms with Gasteiger partial charge < -0.3 is 5.32 Å². The third-order valence-electron chi connectivity index (χ3n) is 0.629. The second-order valence-electron chi connectivity index (χ2n) is 1.13. The van der Waals surface area contributed by atoms with Gasteiger partial charge >= 0.3 is 0 Å². The molecular formula is C5H8IN. The number of hydrogen-bond acceptors (Lipinski definition) is 1. The molecule has 0 aromatic carbocycles. The van der Waals surface area contributed by atoms with E-state index in [0.717, 1.165) is 9.28 Å². The number of likely N-dealkylation sites (N-methyl/N-ethyl adjacent to an activating group) is 1. The predicted molar refractivity (Wildman–Crippen MR) is 41.4 cm³/mol. The molecule has 40 valence electrons. The first-order valence-corrected chi connectivity index (χ1v) is 2.97. The van der Waals surface area contributed by atoms with Crippen molar-refractivity contribution in [1.29, 1.82) is 0 Å². The second kappa shape index (κ2) is 3.07. The summed E-state index contributed by atoms with van der Waals surface area (Å²) in [5.41, 5.74) is 0.889. The van der Waals surface area contributed by atoms with Gasteiger partial charge in [0.05, 0.1) is 0 Å². The van der Waals surface area contributed by atoms with E-state index in [2.05, 4.69) is 41.1 Å². The zero-order valence-electron chi connectivity index (χ0n) is 4.29. The fourth-order valence-electron chi connectivity index (χ4n) is 0.136. The monoisotopic (exact) mass is 209 g/mol. The highest BCUT2D eigenvalue weighted by atomic mass is 127. The molecule has 0 saturated carbocycles. The Balaban J connectivity index is 3.58. The van der Waals surface area contributed by atoms with Crippen molar-refractivity contribution < 1.29 is 0 Å². The normalized spacial score (nSPS) is 7.71. The molecule has 0 radical (unpaired) electrons. The highest BCUT2D eigenvalue weighted by Crippen LogP contribution is 2.07. The van der Waals surface area contributed by atoms with Gasteiger partial charge in [-0.1, -0.05) is 13.2 Å². The van der Waals surface area contributed by atoms with E-state index in [0.29, 0.717) is 0 Å². The maximum absolute atomic E-state index is 3.65. The lowest BCUT2D eigenvalue weighted by atomic mass is 10.5. The summed E-state index contributed by atoms with van der Waals surface area (Å²) in [4.78, 5) is 0. The molecule has 0 amide bonds. The Morgan fingerprint density at radius 2 is 2.00 bits per heavy atom. The molecule has 0 aliphatic rings. The fourth-order valence-corrected chi connectivity index (χ4v) is 0.405. The van der Waals surface area contributed by atoms with Crippen LogP contribution in [-0.2, 0) is 0 Å². The predicted octanol–water partition coefficient (Wildman–Crippen LogP) is 1.67. The van der Waals surface area contributed by atoms with Gasteiger partial charge in [0, 0.05) is 16.3 Å². The van der Waals surface area contributed by atoms with E-state index in [9.17, 15) is 0 Å². The van der Waals surface area contributed by atoms with Crippen molar-refractivity contribution in [1.82, 2.24) is 5.32 Å². The van der Waals surface area contributed by atoms with E-state index >= 15 is 0 Å². The van der Waals surface area contributed by atoms with Gasteiger partial charge in [0.15, 0.2) is 0 Å². The number of hydrogen-bond donors (Lipinski definition) is 1. The van der Waals surface area contributed by atoms with E-state index in [4.69, 9.17) is 0 Å². The summed E-state index contributed by atoms with van der Waals surface area (Å²) < 4.78 is 0.958. The van der Waals surface area contributed by atoms with Crippen molar-refractivity contribution in [2.45, 2.75) is 0 Å². The van der Waals surface area contributed by atoms with Crippen molar-refractivity contribution in [3.8, 4) is 0 Å². The van der Waals surface area contributed by atoms with Crippen LogP contribution in [-0.4, -0.2) is 7.05 Å².